The van der Waals surface area contributed by atoms with Crippen molar-refractivity contribution >= 4 is 28.9 Å². The highest BCUT2D eigenvalue weighted by Gasteiger charge is 2.26. The van der Waals surface area contributed by atoms with Crippen LogP contribution in [0.4, 0.5) is 0 Å². The van der Waals surface area contributed by atoms with Gasteiger partial charge in [-0.3, -0.25) is 14.4 Å². The lowest BCUT2D eigenvalue weighted by Gasteiger charge is -2.32. The van der Waals surface area contributed by atoms with E-state index >= 15 is 0 Å². The zero-order valence-corrected chi connectivity index (χ0v) is 15.5. The molecule has 0 saturated carbocycles. The molecule has 2 aromatic rings. The topological polar surface area (TPSA) is 98.3 Å². The van der Waals surface area contributed by atoms with Crippen LogP contribution in [-0.2, 0) is 22.6 Å². The van der Waals surface area contributed by atoms with E-state index in [1.807, 2.05) is 10.3 Å². The van der Waals surface area contributed by atoms with E-state index in [4.69, 9.17) is 5.73 Å². The summed E-state index contributed by atoms with van der Waals surface area (Å²) in [5, 5.41) is 1.88. The summed E-state index contributed by atoms with van der Waals surface area (Å²) in [5.41, 5.74) is 6.17. The van der Waals surface area contributed by atoms with Crippen molar-refractivity contribution in [3.63, 3.8) is 0 Å². The first-order valence-electron chi connectivity index (χ1n) is 8.59. The Morgan fingerprint density at radius 1 is 1.31 bits per heavy atom. The fourth-order valence-corrected chi connectivity index (χ4v) is 4.12. The molecule has 8 heteroatoms. The van der Waals surface area contributed by atoms with E-state index in [0.717, 1.165) is 24.2 Å². The Morgan fingerprint density at radius 3 is 2.65 bits per heavy atom. The summed E-state index contributed by atoms with van der Waals surface area (Å²) in [4.78, 5) is 42.0. The average molecular weight is 374 g/mol. The number of likely N-dealkylation sites (tertiary alicyclic amines) is 1. The first-order chi connectivity index (χ1) is 12.4. The highest BCUT2D eigenvalue weighted by atomic mass is 32.1. The van der Waals surface area contributed by atoms with Crippen LogP contribution in [0, 0.1) is 0 Å². The van der Waals surface area contributed by atoms with Gasteiger partial charge in [-0.1, -0.05) is 0 Å². The van der Waals surface area contributed by atoms with Crippen molar-refractivity contribution < 1.29 is 14.4 Å². The van der Waals surface area contributed by atoms with Gasteiger partial charge < -0.3 is 15.2 Å². The van der Waals surface area contributed by atoms with Gasteiger partial charge in [0.25, 0.3) is 0 Å². The summed E-state index contributed by atoms with van der Waals surface area (Å²) in [6, 6.07) is 1.80. The van der Waals surface area contributed by atoms with Gasteiger partial charge in [-0.25, -0.2) is 4.98 Å². The third-order valence-electron chi connectivity index (χ3n) is 4.64. The summed E-state index contributed by atoms with van der Waals surface area (Å²) in [7, 11) is 0. The van der Waals surface area contributed by atoms with Crippen molar-refractivity contribution in [1.82, 2.24) is 14.5 Å². The minimum Gasteiger partial charge on any atom is -0.368 e. The normalized spacial score (nSPS) is 15.2. The van der Waals surface area contributed by atoms with Crippen LogP contribution in [0.3, 0.4) is 0 Å². The third-order valence-corrected chi connectivity index (χ3v) is 5.72. The number of rotatable bonds is 6. The molecule has 0 unspecified atom stereocenters. The van der Waals surface area contributed by atoms with E-state index in [9.17, 15) is 14.4 Å². The first kappa shape index (κ1) is 18.3. The summed E-state index contributed by atoms with van der Waals surface area (Å²) in [6.07, 6.45) is 5.39. The van der Waals surface area contributed by atoms with Gasteiger partial charge >= 0.3 is 0 Å². The van der Waals surface area contributed by atoms with Gasteiger partial charge in [0.1, 0.15) is 12.4 Å². The van der Waals surface area contributed by atoms with Crippen LogP contribution >= 0.6 is 11.3 Å². The van der Waals surface area contributed by atoms with E-state index in [1.165, 1.54) is 18.3 Å². The van der Waals surface area contributed by atoms with Crippen molar-refractivity contribution in [2.75, 3.05) is 13.1 Å². The molecule has 0 aliphatic carbocycles. The van der Waals surface area contributed by atoms with Crippen LogP contribution in [-0.4, -0.2) is 45.1 Å². The first-order valence-corrected chi connectivity index (χ1v) is 9.47. The minimum absolute atomic E-state index is 0.0287. The van der Waals surface area contributed by atoms with Crippen LogP contribution in [0.2, 0.25) is 0 Å². The molecule has 0 bridgehead atoms. The number of nitrogens with zero attached hydrogens (tertiary/aromatic N) is 3. The number of thiophene rings is 1. The Hall–Kier alpha value is -2.48. The second kappa shape index (κ2) is 7.82. The molecule has 1 aliphatic rings. The van der Waals surface area contributed by atoms with Gasteiger partial charge in [0, 0.05) is 31.4 Å². The van der Waals surface area contributed by atoms with Crippen molar-refractivity contribution in [1.29, 1.82) is 0 Å². The Kier molecular flexibility index (Phi) is 5.51. The number of hydrogen-bond acceptors (Lipinski definition) is 5. The molecule has 0 aromatic carbocycles. The smallest absolute Gasteiger partial charge is 0.237 e. The second-order valence-corrected chi connectivity index (χ2v) is 7.50. The molecule has 2 amide bonds. The number of carbonyl (C=O) groups is 3. The highest BCUT2D eigenvalue weighted by molar-refractivity contribution is 7.12. The molecular formula is C18H22N4O3S. The molecule has 0 atom stereocenters. The third kappa shape index (κ3) is 4.19. The number of nitrogens with two attached hydrogens (primary N) is 1. The summed E-state index contributed by atoms with van der Waals surface area (Å²) in [5.74, 6) is 0.800. The molecular weight excluding hydrogens is 352 g/mol. The molecule has 0 spiro atoms. The van der Waals surface area contributed by atoms with Gasteiger partial charge in [-0.2, -0.15) is 0 Å². The number of imidazole rings is 1. The molecule has 0 radical (unpaired) electrons. The highest BCUT2D eigenvalue weighted by Crippen LogP contribution is 2.27. The molecule has 3 rings (SSSR count). The summed E-state index contributed by atoms with van der Waals surface area (Å²) < 4.78 is 1.79. The number of ketones is 1. The largest absolute Gasteiger partial charge is 0.368 e. The van der Waals surface area contributed by atoms with Crippen molar-refractivity contribution in [2.45, 2.75) is 38.6 Å². The fraction of sp³-hybridized carbons (Fsp3) is 0.444. The molecule has 1 fully saturated rings. The predicted octanol–water partition coefficient (Wildman–Crippen LogP) is 1.58. The van der Waals surface area contributed by atoms with Gasteiger partial charge in [-0.05, 0) is 36.8 Å². The Bertz CT molecular complexity index is 818. The fourth-order valence-electron chi connectivity index (χ4n) is 3.31. The van der Waals surface area contributed by atoms with Crippen LogP contribution in [0.1, 0.15) is 46.7 Å². The lowest BCUT2D eigenvalue weighted by atomic mass is 9.95. The van der Waals surface area contributed by atoms with Crippen molar-refractivity contribution in [2.24, 2.45) is 5.73 Å². The lowest BCUT2D eigenvalue weighted by Crippen LogP contribution is -2.39. The quantitative estimate of drug-likeness (QED) is 0.776. The molecule has 2 N–H and O–H groups in total. The van der Waals surface area contributed by atoms with E-state index in [-0.39, 0.29) is 24.2 Å². The maximum Gasteiger partial charge on any atom is 0.237 e. The lowest BCUT2D eigenvalue weighted by molar-refractivity contribution is -0.131. The molecule has 1 saturated heterocycles. The summed E-state index contributed by atoms with van der Waals surface area (Å²) in [6.45, 7) is 2.99. The number of piperidine rings is 1. The monoisotopic (exact) mass is 374 g/mol. The van der Waals surface area contributed by atoms with Crippen LogP contribution in [0.15, 0.2) is 23.8 Å². The molecule has 3 heterocycles. The van der Waals surface area contributed by atoms with Crippen molar-refractivity contribution in [3.8, 4) is 0 Å². The van der Waals surface area contributed by atoms with Crippen LogP contribution in [0.25, 0.3) is 0 Å². The van der Waals surface area contributed by atoms with Gasteiger partial charge in [-0.15, -0.1) is 11.3 Å². The Labute approximate surface area is 155 Å². The molecule has 26 heavy (non-hydrogen) atoms. The maximum atomic E-state index is 12.5. The molecule has 138 valence electrons. The predicted molar refractivity (Wildman–Crippen MR) is 98.0 cm³/mol. The number of amides is 2. The SMILES string of the molecule is CC(=O)c1cc(CC(=O)N2CCC(c3nccn3CC(N)=O)CC2)cs1. The number of Topliss-reactive ketones (excluding diaryl/α,β-unsaturated/α-hetero) is 1. The second-order valence-electron chi connectivity index (χ2n) is 6.59. The van der Waals surface area contributed by atoms with Crippen LogP contribution < -0.4 is 5.73 Å². The Balaban J connectivity index is 1.56. The van der Waals surface area contributed by atoms with Gasteiger partial charge in [0.15, 0.2) is 5.78 Å². The summed E-state index contributed by atoms with van der Waals surface area (Å²) >= 11 is 1.38. The van der Waals surface area contributed by atoms with Gasteiger partial charge in [0.2, 0.25) is 11.8 Å². The number of carbonyl (C=O) groups excluding carboxylic acids is 3. The van der Waals surface area contributed by atoms with E-state index < -0.39 is 5.91 Å². The zero-order valence-electron chi connectivity index (χ0n) is 14.7. The molecule has 2 aromatic heterocycles. The Morgan fingerprint density at radius 2 is 2.04 bits per heavy atom. The van der Waals surface area contributed by atoms with E-state index in [1.54, 1.807) is 23.0 Å². The minimum atomic E-state index is -0.391. The molecule has 1 aliphatic heterocycles. The molecule has 7 nitrogen and oxygen atoms in total. The zero-order chi connectivity index (χ0) is 18.7. The van der Waals surface area contributed by atoms with E-state index in [2.05, 4.69) is 4.98 Å². The number of hydrogen-bond donors (Lipinski definition) is 1. The van der Waals surface area contributed by atoms with E-state index in [0.29, 0.717) is 24.4 Å². The standard InChI is InChI=1S/C18H22N4O3S/c1-12(23)15-8-13(11-26-15)9-17(25)21-5-2-14(3-6-21)18-20-4-7-22(18)10-16(19)24/h4,7-8,11,14H,2-3,5-6,9-10H2,1H3,(H2,19,24). The number of aromatic nitrogens is 2. The maximum absolute atomic E-state index is 12.5. The van der Waals surface area contributed by atoms with Gasteiger partial charge in [0.05, 0.1) is 11.3 Å². The number of primary amides is 1. The van der Waals surface area contributed by atoms with Crippen molar-refractivity contribution in [3.05, 3.63) is 40.1 Å². The average Bonchev–Trinajstić information content (AvgIpc) is 3.24. The van der Waals surface area contributed by atoms with Crippen LogP contribution in [0.5, 0.6) is 0 Å².